The van der Waals surface area contributed by atoms with Crippen LogP contribution in [0, 0.1) is 0 Å². The van der Waals surface area contributed by atoms with Crippen molar-refractivity contribution in [1.29, 1.82) is 0 Å². The summed E-state index contributed by atoms with van der Waals surface area (Å²) in [6, 6.07) is 8.94. The molecule has 2 aromatic carbocycles. The molecule has 0 aliphatic carbocycles. The molecule has 0 bridgehead atoms. The van der Waals surface area contributed by atoms with Gasteiger partial charge in [-0.25, -0.2) is 0 Å². The summed E-state index contributed by atoms with van der Waals surface area (Å²) in [5.74, 6) is -1.49. The SMILES string of the molecule is C[C@@]1(c2ccccc2)COCCOCCOC(=O)CN2C(=O)c3c(Cl)c(Cl)c(Cl)c(Cl)c3[C@]21O. The van der Waals surface area contributed by atoms with Crippen molar-refractivity contribution in [2.24, 2.45) is 0 Å². The molecule has 2 aliphatic heterocycles. The third-order valence-corrected chi connectivity index (χ3v) is 7.99. The Bertz CT molecular complexity index is 1130. The van der Waals surface area contributed by atoms with Crippen LogP contribution in [0.15, 0.2) is 30.3 Å². The fourth-order valence-corrected chi connectivity index (χ4v) is 5.48. The number of hydrogen-bond donors (Lipinski definition) is 1. The van der Waals surface area contributed by atoms with Gasteiger partial charge >= 0.3 is 5.97 Å². The monoisotopic (exact) mass is 547 g/mol. The van der Waals surface area contributed by atoms with E-state index in [9.17, 15) is 14.7 Å². The van der Waals surface area contributed by atoms with Crippen LogP contribution < -0.4 is 0 Å². The second-order valence-corrected chi connectivity index (χ2v) is 9.66. The van der Waals surface area contributed by atoms with Gasteiger partial charge in [-0.2, -0.15) is 0 Å². The summed E-state index contributed by atoms with van der Waals surface area (Å²) < 4.78 is 16.5. The molecule has 0 saturated carbocycles. The van der Waals surface area contributed by atoms with Gasteiger partial charge < -0.3 is 19.3 Å². The third-order valence-electron chi connectivity index (χ3n) is 6.19. The lowest BCUT2D eigenvalue weighted by Gasteiger charge is -2.48. The highest BCUT2D eigenvalue weighted by molar-refractivity contribution is 6.53. The summed E-state index contributed by atoms with van der Waals surface area (Å²) in [5.41, 5.74) is -3.11. The standard InChI is InChI=1S/C23H21Cl4NO6/c1-22(13-5-3-2-4-6-13)12-33-8-7-32-9-10-34-14(29)11-28-21(30)15-16(23(22,28)31)18(25)20(27)19(26)17(15)24/h2-6,31H,7-12H2,1H3/t22-,23+/m0/s1. The van der Waals surface area contributed by atoms with Crippen molar-refractivity contribution in [2.75, 3.05) is 39.6 Å². The topological polar surface area (TPSA) is 85.3 Å². The van der Waals surface area contributed by atoms with E-state index >= 15 is 0 Å². The molecule has 2 atom stereocenters. The molecule has 1 fully saturated rings. The van der Waals surface area contributed by atoms with Crippen molar-refractivity contribution < 1.29 is 28.9 Å². The van der Waals surface area contributed by atoms with Crippen molar-refractivity contribution in [3.8, 4) is 0 Å². The minimum atomic E-state index is -2.20. The molecule has 2 aromatic rings. The maximum Gasteiger partial charge on any atom is 0.325 e. The second kappa shape index (κ2) is 9.82. The Hall–Kier alpha value is -1.58. The first kappa shape index (κ1) is 25.5. The third kappa shape index (κ3) is 3.97. The quantitative estimate of drug-likeness (QED) is 0.322. The van der Waals surface area contributed by atoms with Crippen molar-refractivity contribution in [3.63, 3.8) is 0 Å². The molecule has 0 radical (unpaired) electrons. The van der Waals surface area contributed by atoms with Crippen molar-refractivity contribution in [3.05, 3.63) is 67.1 Å². The number of benzene rings is 2. The molecule has 2 heterocycles. The predicted octanol–water partition coefficient (Wildman–Crippen LogP) is 4.45. The number of halogens is 4. The fraction of sp³-hybridized carbons (Fsp3) is 0.391. The Kier molecular flexibility index (Phi) is 7.37. The van der Waals surface area contributed by atoms with Gasteiger partial charge in [0.15, 0.2) is 5.72 Å². The molecule has 0 unspecified atom stereocenters. The number of cyclic esters (lactones) is 1. The van der Waals surface area contributed by atoms with Crippen LogP contribution in [0.1, 0.15) is 28.4 Å². The van der Waals surface area contributed by atoms with Crippen LogP contribution in [0.4, 0.5) is 0 Å². The van der Waals surface area contributed by atoms with E-state index in [1.165, 1.54) is 0 Å². The van der Waals surface area contributed by atoms with E-state index in [4.69, 9.17) is 60.6 Å². The molecule has 1 amide bonds. The molecule has 0 spiro atoms. The van der Waals surface area contributed by atoms with E-state index in [2.05, 4.69) is 0 Å². The number of fused-ring (bicyclic) bond motifs is 3. The molecule has 1 N–H and O–H groups in total. The van der Waals surface area contributed by atoms with Gasteiger partial charge in [-0.1, -0.05) is 76.7 Å². The van der Waals surface area contributed by atoms with E-state index in [1.54, 1.807) is 31.2 Å². The number of ether oxygens (including phenoxy) is 3. The molecule has 11 heteroatoms. The van der Waals surface area contributed by atoms with E-state index in [1.807, 2.05) is 6.07 Å². The van der Waals surface area contributed by atoms with E-state index in [-0.39, 0.29) is 64.3 Å². The van der Waals surface area contributed by atoms with E-state index in [0.717, 1.165) is 4.90 Å². The highest BCUT2D eigenvalue weighted by Gasteiger charge is 2.63. The van der Waals surface area contributed by atoms with Gasteiger partial charge in [-0.3, -0.25) is 14.5 Å². The van der Waals surface area contributed by atoms with Crippen molar-refractivity contribution in [2.45, 2.75) is 18.1 Å². The lowest BCUT2D eigenvalue weighted by Crippen LogP contribution is -2.60. The number of rotatable bonds is 1. The van der Waals surface area contributed by atoms with Gasteiger partial charge in [-0.05, 0) is 12.5 Å². The first-order chi connectivity index (χ1) is 16.1. The van der Waals surface area contributed by atoms with Gasteiger partial charge in [-0.15, -0.1) is 0 Å². The minimum Gasteiger partial charge on any atom is -0.462 e. The predicted molar refractivity (Wildman–Crippen MR) is 128 cm³/mol. The maximum absolute atomic E-state index is 13.7. The van der Waals surface area contributed by atoms with Gasteiger partial charge in [0.05, 0.1) is 57.5 Å². The number of carbonyl (C=O) groups excluding carboxylic acids is 2. The average Bonchev–Trinajstić information content (AvgIpc) is 3.06. The first-order valence-corrected chi connectivity index (χ1v) is 11.9. The zero-order valence-electron chi connectivity index (χ0n) is 18.1. The maximum atomic E-state index is 13.7. The molecule has 0 aromatic heterocycles. The zero-order chi connectivity index (χ0) is 24.7. The molecule has 182 valence electrons. The summed E-state index contributed by atoms with van der Waals surface area (Å²) in [7, 11) is 0. The molecule has 2 aliphatic rings. The number of aliphatic hydroxyl groups is 1. The summed E-state index contributed by atoms with van der Waals surface area (Å²) in [4.78, 5) is 27.3. The second-order valence-electron chi connectivity index (χ2n) is 8.15. The first-order valence-electron chi connectivity index (χ1n) is 10.4. The van der Waals surface area contributed by atoms with Crippen LogP contribution in [-0.4, -0.2) is 61.5 Å². The highest BCUT2D eigenvalue weighted by Crippen LogP contribution is 2.57. The van der Waals surface area contributed by atoms with Crippen molar-refractivity contribution in [1.82, 2.24) is 4.90 Å². The number of carbonyl (C=O) groups is 2. The minimum absolute atomic E-state index is 0.0264. The molecule has 4 rings (SSSR count). The Morgan fingerprint density at radius 3 is 2.21 bits per heavy atom. The lowest BCUT2D eigenvalue weighted by molar-refractivity contribution is -0.171. The smallest absolute Gasteiger partial charge is 0.325 e. The number of hydrogen-bond acceptors (Lipinski definition) is 6. The highest BCUT2D eigenvalue weighted by atomic mass is 35.5. The molecular weight excluding hydrogens is 528 g/mol. The van der Waals surface area contributed by atoms with Crippen LogP contribution in [0.2, 0.25) is 20.1 Å². The Morgan fingerprint density at radius 2 is 1.50 bits per heavy atom. The van der Waals surface area contributed by atoms with Crippen LogP contribution in [0.25, 0.3) is 0 Å². The Morgan fingerprint density at radius 1 is 0.882 bits per heavy atom. The largest absolute Gasteiger partial charge is 0.462 e. The van der Waals surface area contributed by atoms with Crippen LogP contribution in [-0.2, 0) is 30.1 Å². The number of nitrogens with zero attached hydrogens (tertiary/aromatic N) is 1. The van der Waals surface area contributed by atoms with Crippen molar-refractivity contribution >= 4 is 58.3 Å². The fourth-order valence-electron chi connectivity index (χ4n) is 4.41. The zero-order valence-corrected chi connectivity index (χ0v) is 21.1. The Labute approximate surface area is 216 Å². The summed E-state index contributed by atoms with van der Waals surface area (Å²) in [6.45, 7) is 1.62. The average molecular weight is 549 g/mol. The normalized spacial score (nSPS) is 26.1. The van der Waals surface area contributed by atoms with Gasteiger partial charge in [0.2, 0.25) is 0 Å². The van der Waals surface area contributed by atoms with Gasteiger partial charge in [0.25, 0.3) is 5.91 Å². The number of esters is 1. The number of amides is 1. The summed E-state index contributed by atoms with van der Waals surface area (Å²) >= 11 is 25.6. The van der Waals surface area contributed by atoms with Crippen LogP contribution in [0.3, 0.4) is 0 Å². The molecule has 1 saturated heterocycles. The van der Waals surface area contributed by atoms with Gasteiger partial charge in [0, 0.05) is 5.56 Å². The Balaban J connectivity index is 2.02. The van der Waals surface area contributed by atoms with E-state index in [0.29, 0.717) is 5.56 Å². The van der Waals surface area contributed by atoms with E-state index < -0.39 is 29.6 Å². The van der Waals surface area contributed by atoms with Crippen LogP contribution >= 0.6 is 46.4 Å². The molecule has 34 heavy (non-hydrogen) atoms. The summed E-state index contributed by atoms with van der Waals surface area (Å²) in [5, 5.41) is 12.0. The summed E-state index contributed by atoms with van der Waals surface area (Å²) in [6.07, 6.45) is 0. The molecular formula is C23H21Cl4NO6. The van der Waals surface area contributed by atoms with Crippen LogP contribution in [0.5, 0.6) is 0 Å². The lowest BCUT2D eigenvalue weighted by atomic mass is 9.70. The van der Waals surface area contributed by atoms with Gasteiger partial charge in [0.1, 0.15) is 13.2 Å². The molecule has 7 nitrogen and oxygen atoms in total.